The SMILES string of the molecule is Cc1nc([C@H]2C[C@@H]3CCN(C(=O)Cc4ccccc4)C[C@H]3O2)n[nH]1. The van der Waals surface area contributed by atoms with E-state index in [-0.39, 0.29) is 18.1 Å². The summed E-state index contributed by atoms with van der Waals surface area (Å²) in [4.78, 5) is 18.9. The van der Waals surface area contributed by atoms with Crippen molar-refractivity contribution < 1.29 is 9.53 Å². The molecule has 2 aromatic rings. The van der Waals surface area contributed by atoms with Crippen LogP contribution < -0.4 is 0 Å². The Bertz CT molecular complexity index is 715. The number of likely N-dealkylation sites (tertiary alicyclic amines) is 1. The molecule has 1 amide bonds. The number of H-pyrrole nitrogens is 1. The van der Waals surface area contributed by atoms with E-state index in [9.17, 15) is 4.79 Å². The van der Waals surface area contributed by atoms with Gasteiger partial charge < -0.3 is 9.64 Å². The van der Waals surface area contributed by atoms with Gasteiger partial charge in [0.15, 0.2) is 5.82 Å². The number of benzene rings is 1. The molecular weight excluding hydrogens is 304 g/mol. The lowest BCUT2D eigenvalue weighted by Crippen LogP contribution is -2.45. The zero-order valence-electron chi connectivity index (χ0n) is 13.8. The number of nitrogens with one attached hydrogen (secondary N) is 1. The number of piperidine rings is 1. The van der Waals surface area contributed by atoms with Gasteiger partial charge in [0.05, 0.1) is 12.5 Å². The lowest BCUT2D eigenvalue weighted by Gasteiger charge is -2.34. The predicted octanol–water partition coefficient (Wildman–Crippen LogP) is 2.03. The number of amides is 1. The standard InChI is InChI=1S/C18H22N4O2/c1-12-19-18(21-20-12)15-10-14-7-8-22(11-16(14)24-15)17(23)9-13-5-3-2-4-6-13/h2-6,14-16H,7-11H2,1H3,(H,19,20,21)/t14-,15+,16+/m0/s1. The summed E-state index contributed by atoms with van der Waals surface area (Å²) in [5, 5.41) is 7.10. The van der Waals surface area contributed by atoms with Gasteiger partial charge in [-0.05, 0) is 31.2 Å². The van der Waals surface area contributed by atoms with Gasteiger partial charge in [-0.25, -0.2) is 4.98 Å². The third-order valence-corrected chi connectivity index (χ3v) is 5.01. The van der Waals surface area contributed by atoms with E-state index >= 15 is 0 Å². The first-order valence-corrected chi connectivity index (χ1v) is 8.55. The van der Waals surface area contributed by atoms with E-state index in [1.54, 1.807) is 0 Å². The van der Waals surface area contributed by atoms with E-state index in [1.807, 2.05) is 42.2 Å². The number of carbonyl (C=O) groups is 1. The van der Waals surface area contributed by atoms with Crippen molar-refractivity contribution in [1.82, 2.24) is 20.1 Å². The van der Waals surface area contributed by atoms with Crippen LogP contribution in [0.2, 0.25) is 0 Å². The quantitative estimate of drug-likeness (QED) is 0.937. The van der Waals surface area contributed by atoms with Crippen LogP contribution in [0.25, 0.3) is 0 Å². The summed E-state index contributed by atoms with van der Waals surface area (Å²) in [5.74, 6) is 2.22. The smallest absolute Gasteiger partial charge is 0.227 e. The Kier molecular flexibility index (Phi) is 4.06. The summed E-state index contributed by atoms with van der Waals surface area (Å²) in [7, 11) is 0. The third kappa shape index (κ3) is 3.06. The van der Waals surface area contributed by atoms with Crippen LogP contribution in [0.15, 0.2) is 30.3 Å². The first kappa shape index (κ1) is 15.3. The average molecular weight is 326 g/mol. The number of aromatic nitrogens is 3. The van der Waals surface area contributed by atoms with Gasteiger partial charge in [0.2, 0.25) is 5.91 Å². The molecule has 2 aliphatic rings. The van der Waals surface area contributed by atoms with Crippen LogP contribution in [-0.4, -0.2) is 45.2 Å². The van der Waals surface area contributed by atoms with Gasteiger partial charge in [0.1, 0.15) is 11.9 Å². The molecule has 2 fully saturated rings. The van der Waals surface area contributed by atoms with Crippen molar-refractivity contribution in [2.24, 2.45) is 5.92 Å². The molecule has 1 aromatic heterocycles. The van der Waals surface area contributed by atoms with Crippen molar-refractivity contribution in [2.45, 2.75) is 38.4 Å². The summed E-state index contributed by atoms with van der Waals surface area (Å²) < 4.78 is 6.16. The molecule has 0 aliphatic carbocycles. The molecule has 3 atom stereocenters. The second-order valence-corrected chi connectivity index (χ2v) is 6.73. The van der Waals surface area contributed by atoms with Crippen molar-refractivity contribution in [2.75, 3.05) is 13.1 Å². The highest BCUT2D eigenvalue weighted by Crippen LogP contribution is 2.39. The van der Waals surface area contributed by atoms with E-state index in [2.05, 4.69) is 15.2 Å². The van der Waals surface area contributed by atoms with E-state index in [4.69, 9.17) is 4.74 Å². The van der Waals surface area contributed by atoms with E-state index < -0.39 is 0 Å². The molecule has 6 nitrogen and oxygen atoms in total. The van der Waals surface area contributed by atoms with Crippen molar-refractivity contribution in [3.8, 4) is 0 Å². The molecule has 0 saturated carbocycles. The number of carbonyl (C=O) groups excluding carboxylic acids is 1. The molecule has 6 heteroatoms. The summed E-state index contributed by atoms with van der Waals surface area (Å²) in [6.07, 6.45) is 2.45. The maximum Gasteiger partial charge on any atom is 0.227 e. The Morgan fingerprint density at radius 2 is 2.21 bits per heavy atom. The molecule has 2 saturated heterocycles. The zero-order valence-corrected chi connectivity index (χ0v) is 13.8. The number of hydrogen-bond acceptors (Lipinski definition) is 4. The van der Waals surface area contributed by atoms with Crippen molar-refractivity contribution in [3.05, 3.63) is 47.5 Å². The maximum absolute atomic E-state index is 12.6. The van der Waals surface area contributed by atoms with Crippen LogP contribution in [0.1, 0.15) is 36.2 Å². The highest BCUT2D eigenvalue weighted by atomic mass is 16.5. The highest BCUT2D eigenvalue weighted by molar-refractivity contribution is 5.78. The minimum absolute atomic E-state index is 0.0471. The van der Waals surface area contributed by atoms with Crippen LogP contribution in [-0.2, 0) is 16.0 Å². The monoisotopic (exact) mass is 326 g/mol. The molecule has 4 rings (SSSR count). The van der Waals surface area contributed by atoms with Crippen molar-refractivity contribution in [3.63, 3.8) is 0 Å². The number of ether oxygens (including phenoxy) is 1. The largest absolute Gasteiger partial charge is 0.365 e. The summed E-state index contributed by atoms with van der Waals surface area (Å²) in [5.41, 5.74) is 1.06. The van der Waals surface area contributed by atoms with Gasteiger partial charge in [0, 0.05) is 13.1 Å². The molecule has 0 radical (unpaired) electrons. The van der Waals surface area contributed by atoms with Crippen LogP contribution in [0.4, 0.5) is 0 Å². The third-order valence-electron chi connectivity index (χ3n) is 5.01. The number of fused-ring (bicyclic) bond motifs is 1. The molecule has 0 bridgehead atoms. The summed E-state index contributed by atoms with van der Waals surface area (Å²) in [6, 6.07) is 9.91. The maximum atomic E-state index is 12.6. The first-order valence-electron chi connectivity index (χ1n) is 8.55. The van der Waals surface area contributed by atoms with Crippen molar-refractivity contribution >= 4 is 5.91 Å². The normalized spacial score (nSPS) is 26.4. The topological polar surface area (TPSA) is 71.1 Å². The molecule has 1 N–H and O–H groups in total. The molecule has 0 unspecified atom stereocenters. The Labute approximate surface area is 141 Å². The summed E-state index contributed by atoms with van der Waals surface area (Å²) >= 11 is 0. The number of aromatic amines is 1. The van der Waals surface area contributed by atoms with Gasteiger partial charge in [-0.3, -0.25) is 9.89 Å². The lowest BCUT2D eigenvalue weighted by atomic mass is 9.91. The van der Waals surface area contributed by atoms with E-state index in [0.29, 0.717) is 18.9 Å². The van der Waals surface area contributed by atoms with Gasteiger partial charge in [0.25, 0.3) is 0 Å². The first-order chi connectivity index (χ1) is 11.7. The second kappa shape index (κ2) is 6.36. The Morgan fingerprint density at radius 1 is 1.38 bits per heavy atom. The fourth-order valence-electron chi connectivity index (χ4n) is 3.71. The average Bonchev–Trinajstić information content (AvgIpc) is 3.20. The Morgan fingerprint density at radius 3 is 2.96 bits per heavy atom. The van der Waals surface area contributed by atoms with Crippen LogP contribution in [0, 0.1) is 12.8 Å². The van der Waals surface area contributed by atoms with Crippen LogP contribution in [0.5, 0.6) is 0 Å². The van der Waals surface area contributed by atoms with Gasteiger partial charge in [-0.1, -0.05) is 30.3 Å². The van der Waals surface area contributed by atoms with Gasteiger partial charge in [-0.15, -0.1) is 0 Å². The fourth-order valence-corrected chi connectivity index (χ4v) is 3.71. The fraction of sp³-hybridized carbons (Fsp3) is 0.500. The molecular formula is C18H22N4O2. The summed E-state index contributed by atoms with van der Waals surface area (Å²) in [6.45, 7) is 3.38. The molecule has 2 aliphatic heterocycles. The zero-order chi connectivity index (χ0) is 16.5. The number of aryl methyl sites for hydroxylation is 1. The van der Waals surface area contributed by atoms with E-state index in [1.165, 1.54) is 0 Å². The number of hydrogen-bond donors (Lipinski definition) is 1. The molecule has 126 valence electrons. The highest BCUT2D eigenvalue weighted by Gasteiger charge is 2.41. The molecule has 24 heavy (non-hydrogen) atoms. The minimum atomic E-state index is -0.0471. The lowest BCUT2D eigenvalue weighted by molar-refractivity contribution is -0.135. The Hall–Kier alpha value is -2.21. The molecule has 3 heterocycles. The van der Waals surface area contributed by atoms with Crippen molar-refractivity contribution in [1.29, 1.82) is 0 Å². The Balaban J connectivity index is 1.38. The number of rotatable bonds is 3. The minimum Gasteiger partial charge on any atom is -0.365 e. The van der Waals surface area contributed by atoms with Gasteiger partial charge in [-0.2, -0.15) is 5.10 Å². The predicted molar refractivity (Wildman–Crippen MR) is 88.2 cm³/mol. The van der Waals surface area contributed by atoms with Crippen LogP contribution in [0.3, 0.4) is 0 Å². The molecule has 0 spiro atoms. The van der Waals surface area contributed by atoms with Crippen LogP contribution >= 0.6 is 0 Å². The van der Waals surface area contributed by atoms with E-state index in [0.717, 1.165) is 36.6 Å². The second-order valence-electron chi connectivity index (χ2n) is 6.73. The number of nitrogens with zero attached hydrogens (tertiary/aromatic N) is 3. The van der Waals surface area contributed by atoms with Gasteiger partial charge >= 0.3 is 0 Å². The molecule has 1 aromatic carbocycles.